The number of hydrogen-bond acceptors (Lipinski definition) is 3. The molecule has 1 fully saturated rings. The van der Waals surface area contributed by atoms with Gasteiger partial charge in [-0.1, -0.05) is 36.7 Å². The molecule has 1 aromatic rings. The number of likely N-dealkylation sites (tertiary alicyclic amines) is 1. The van der Waals surface area contributed by atoms with Crippen molar-refractivity contribution in [3.63, 3.8) is 0 Å². The van der Waals surface area contributed by atoms with Crippen LogP contribution in [0.4, 0.5) is 0 Å². The molecule has 4 nitrogen and oxygen atoms in total. The van der Waals surface area contributed by atoms with Crippen LogP contribution < -0.4 is 5.32 Å². The van der Waals surface area contributed by atoms with Gasteiger partial charge in [-0.05, 0) is 18.1 Å². The number of carbonyl (C=O) groups excluding carboxylic acids is 1. The van der Waals surface area contributed by atoms with Crippen LogP contribution in [-0.4, -0.2) is 41.1 Å². The van der Waals surface area contributed by atoms with Gasteiger partial charge >= 0.3 is 0 Å². The molecule has 0 aliphatic carbocycles. The largest absolute Gasteiger partial charge is 0.387 e. The number of nitrogens with zero attached hydrogens (tertiary/aromatic N) is 1. The minimum atomic E-state index is -0.594. The molecule has 2 rings (SSSR count). The van der Waals surface area contributed by atoms with Crippen molar-refractivity contribution in [1.82, 2.24) is 10.2 Å². The third-order valence-electron chi connectivity index (χ3n) is 3.50. The number of benzene rings is 1. The summed E-state index contributed by atoms with van der Waals surface area (Å²) in [6.07, 6.45) is 0.727. The zero-order chi connectivity index (χ0) is 13.9. The van der Waals surface area contributed by atoms with Gasteiger partial charge < -0.3 is 10.4 Å². The lowest BCUT2D eigenvalue weighted by Gasteiger charge is -2.45. The normalized spacial score (nSPS) is 17.8. The number of carbonyl (C=O) groups is 1. The van der Waals surface area contributed by atoms with Crippen molar-refractivity contribution >= 4 is 17.5 Å². The molecule has 1 amide bonds. The van der Waals surface area contributed by atoms with Crippen LogP contribution in [0.25, 0.3) is 0 Å². The molecular formula is C14H19ClN2O2. The van der Waals surface area contributed by atoms with Crippen LogP contribution in [-0.2, 0) is 11.3 Å². The summed E-state index contributed by atoms with van der Waals surface area (Å²) < 4.78 is 0. The second-order valence-corrected chi connectivity index (χ2v) is 5.50. The molecule has 1 aliphatic heterocycles. The summed E-state index contributed by atoms with van der Waals surface area (Å²) in [4.78, 5) is 13.7. The maximum atomic E-state index is 11.8. The first-order valence-electron chi connectivity index (χ1n) is 6.47. The fraction of sp³-hybridized carbons (Fsp3) is 0.500. The van der Waals surface area contributed by atoms with E-state index in [1.807, 2.05) is 30.0 Å². The van der Waals surface area contributed by atoms with Crippen LogP contribution in [0.5, 0.6) is 0 Å². The molecule has 19 heavy (non-hydrogen) atoms. The molecule has 5 heteroatoms. The maximum absolute atomic E-state index is 11.8. The van der Waals surface area contributed by atoms with E-state index >= 15 is 0 Å². The molecule has 0 spiro atoms. The standard InChI is InChI=1S/C14H19ClN2O2/c1-2-14(19)9-17(10-14)8-13(18)16-7-11-5-3-4-6-12(11)15/h3-6,19H,2,7-10H2,1H3,(H,16,18). The van der Waals surface area contributed by atoms with Crippen molar-refractivity contribution in [2.75, 3.05) is 19.6 Å². The predicted octanol–water partition coefficient (Wildman–Crippen LogP) is 1.41. The molecule has 0 atom stereocenters. The molecular weight excluding hydrogens is 264 g/mol. The van der Waals surface area contributed by atoms with Crippen LogP contribution in [0, 0.1) is 0 Å². The monoisotopic (exact) mass is 282 g/mol. The van der Waals surface area contributed by atoms with Crippen LogP contribution in [0.1, 0.15) is 18.9 Å². The lowest BCUT2D eigenvalue weighted by molar-refractivity contribution is -0.133. The topological polar surface area (TPSA) is 52.6 Å². The Hall–Kier alpha value is -1.10. The SMILES string of the molecule is CCC1(O)CN(CC(=O)NCc2ccccc2Cl)C1. The van der Waals surface area contributed by atoms with Gasteiger partial charge in [0.1, 0.15) is 0 Å². The third-order valence-corrected chi connectivity index (χ3v) is 3.86. The van der Waals surface area contributed by atoms with E-state index in [1.165, 1.54) is 0 Å². The lowest BCUT2D eigenvalue weighted by Crippen LogP contribution is -2.62. The van der Waals surface area contributed by atoms with E-state index < -0.39 is 5.60 Å². The number of hydrogen-bond donors (Lipinski definition) is 2. The van der Waals surface area contributed by atoms with E-state index in [0.717, 1.165) is 12.0 Å². The number of amides is 1. The van der Waals surface area contributed by atoms with Gasteiger partial charge in [0.25, 0.3) is 0 Å². The van der Waals surface area contributed by atoms with Crippen molar-refractivity contribution in [3.05, 3.63) is 34.9 Å². The molecule has 0 aromatic heterocycles. The highest BCUT2D eigenvalue weighted by Gasteiger charge is 2.39. The van der Waals surface area contributed by atoms with Crippen LogP contribution >= 0.6 is 11.6 Å². The number of β-amino-alcohol motifs (C(OH)–C–C–N with tert-alkyl or cyclic N) is 1. The number of nitrogens with one attached hydrogen (secondary N) is 1. The third kappa shape index (κ3) is 3.69. The molecule has 1 aliphatic rings. The van der Waals surface area contributed by atoms with E-state index in [2.05, 4.69) is 5.32 Å². The van der Waals surface area contributed by atoms with E-state index in [1.54, 1.807) is 6.07 Å². The Kier molecular flexibility index (Phi) is 4.45. The molecule has 0 saturated carbocycles. The molecule has 2 N–H and O–H groups in total. The number of rotatable bonds is 5. The van der Waals surface area contributed by atoms with E-state index in [4.69, 9.17) is 11.6 Å². The van der Waals surface area contributed by atoms with Crippen molar-refractivity contribution in [3.8, 4) is 0 Å². The first-order valence-corrected chi connectivity index (χ1v) is 6.85. The van der Waals surface area contributed by atoms with Crippen molar-refractivity contribution in [2.45, 2.75) is 25.5 Å². The fourth-order valence-corrected chi connectivity index (χ4v) is 2.42. The van der Waals surface area contributed by atoms with E-state index in [9.17, 15) is 9.90 Å². The first kappa shape index (κ1) is 14.3. The summed E-state index contributed by atoms with van der Waals surface area (Å²) in [5.74, 6) is -0.0435. The maximum Gasteiger partial charge on any atom is 0.234 e. The summed E-state index contributed by atoms with van der Waals surface area (Å²) in [6.45, 7) is 3.86. The summed E-state index contributed by atoms with van der Waals surface area (Å²) in [5.41, 5.74) is 0.314. The van der Waals surface area contributed by atoms with Gasteiger partial charge in [0.05, 0.1) is 12.1 Å². The smallest absolute Gasteiger partial charge is 0.234 e. The molecule has 0 unspecified atom stereocenters. The fourth-order valence-electron chi connectivity index (χ4n) is 2.22. The van der Waals surface area contributed by atoms with Gasteiger partial charge in [-0.15, -0.1) is 0 Å². The second-order valence-electron chi connectivity index (χ2n) is 5.09. The molecule has 0 bridgehead atoms. The Morgan fingerprint density at radius 3 is 2.79 bits per heavy atom. The predicted molar refractivity (Wildman–Crippen MR) is 75.0 cm³/mol. The minimum absolute atomic E-state index is 0.0435. The number of aliphatic hydroxyl groups is 1. The molecule has 1 saturated heterocycles. The summed E-state index contributed by atoms with van der Waals surface area (Å²) >= 11 is 6.01. The van der Waals surface area contributed by atoms with E-state index in [-0.39, 0.29) is 5.91 Å². The van der Waals surface area contributed by atoms with Crippen molar-refractivity contribution < 1.29 is 9.90 Å². The Labute approximate surface area is 118 Å². The Balaban J connectivity index is 1.73. The van der Waals surface area contributed by atoms with Gasteiger partial charge in [-0.3, -0.25) is 9.69 Å². The van der Waals surface area contributed by atoms with Gasteiger partial charge in [-0.2, -0.15) is 0 Å². The van der Waals surface area contributed by atoms with Crippen molar-refractivity contribution in [2.24, 2.45) is 0 Å². The molecule has 1 aromatic carbocycles. The highest BCUT2D eigenvalue weighted by atomic mass is 35.5. The highest BCUT2D eigenvalue weighted by molar-refractivity contribution is 6.31. The summed E-state index contributed by atoms with van der Waals surface area (Å²) in [7, 11) is 0. The average Bonchev–Trinajstić information content (AvgIpc) is 2.36. The molecule has 0 radical (unpaired) electrons. The second kappa shape index (κ2) is 5.90. The van der Waals surface area contributed by atoms with Crippen LogP contribution in [0.15, 0.2) is 24.3 Å². The van der Waals surface area contributed by atoms with Crippen LogP contribution in [0.3, 0.4) is 0 Å². The van der Waals surface area contributed by atoms with Gasteiger partial charge in [0, 0.05) is 24.7 Å². The van der Waals surface area contributed by atoms with E-state index in [0.29, 0.717) is 31.2 Å². The zero-order valence-electron chi connectivity index (χ0n) is 11.0. The number of halogens is 1. The van der Waals surface area contributed by atoms with Crippen LogP contribution in [0.2, 0.25) is 5.02 Å². The van der Waals surface area contributed by atoms with Gasteiger partial charge in [-0.25, -0.2) is 0 Å². The average molecular weight is 283 g/mol. The summed E-state index contributed by atoms with van der Waals surface area (Å²) in [6, 6.07) is 7.45. The quantitative estimate of drug-likeness (QED) is 0.859. The lowest BCUT2D eigenvalue weighted by atomic mass is 9.91. The Bertz CT molecular complexity index is 459. The van der Waals surface area contributed by atoms with Gasteiger partial charge in [0.15, 0.2) is 0 Å². The minimum Gasteiger partial charge on any atom is -0.387 e. The van der Waals surface area contributed by atoms with Gasteiger partial charge in [0.2, 0.25) is 5.91 Å². The zero-order valence-corrected chi connectivity index (χ0v) is 11.8. The Morgan fingerprint density at radius 1 is 1.47 bits per heavy atom. The first-order chi connectivity index (χ1) is 9.02. The molecule has 1 heterocycles. The summed E-state index contributed by atoms with van der Waals surface area (Å²) in [5, 5.41) is 13.4. The Morgan fingerprint density at radius 2 is 2.16 bits per heavy atom. The van der Waals surface area contributed by atoms with Crippen molar-refractivity contribution in [1.29, 1.82) is 0 Å². The molecule has 104 valence electrons. The highest BCUT2D eigenvalue weighted by Crippen LogP contribution is 2.23.